The van der Waals surface area contributed by atoms with Gasteiger partial charge in [-0.15, -0.1) is 0 Å². The predicted octanol–water partition coefficient (Wildman–Crippen LogP) is 8.04. The third kappa shape index (κ3) is 4.99. The summed E-state index contributed by atoms with van der Waals surface area (Å²) in [7, 11) is -1.77. The van der Waals surface area contributed by atoms with Crippen molar-refractivity contribution in [3.8, 4) is 5.75 Å². The van der Waals surface area contributed by atoms with E-state index in [9.17, 15) is 0 Å². The van der Waals surface area contributed by atoms with E-state index in [1.54, 1.807) is 0 Å². The van der Waals surface area contributed by atoms with Crippen molar-refractivity contribution in [1.82, 2.24) is 0 Å². The van der Waals surface area contributed by atoms with Crippen LogP contribution >= 0.6 is 0 Å². The van der Waals surface area contributed by atoms with Gasteiger partial charge in [-0.3, -0.25) is 0 Å². The zero-order valence-electron chi connectivity index (χ0n) is 20.3. The van der Waals surface area contributed by atoms with Gasteiger partial charge in [0.15, 0.2) is 8.32 Å². The molecule has 1 saturated carbocycles. The average molecular weight is 435 g/mol. The first kappa shape index (κ1) is 22.4. The second kappa shape index (κ2) is 8.25. The minimum absolute atomic E-state index is 0.213. The lowest BCUT2D eigenvalue weighted by Crippen LogP contribution is -2.43. The number of rotatable bonds is 7. The van der Waals surface area contributed by atoms with Crippen LogP contribution in [0.1, 0.15) is 51.7 Å². The van der Waals surface area contributed by atoms with Crippen molar-refractivity contribution >= 4 is 29.9 Å². The van der Waals surface area contributed by atoms with Crippen molar-refractivity contribution in [2.24, 2.45) is 5.92 Å². The summed E-state index contributed by atoms with van der Waals surface area (Å²) in [5.74, 6) is 1.75. The number of hydrogen-bond donors (Lipinski definition) is 0. The van der Waals surface area contributed by atoms with Crippen molar-refractivity contribution in [2.75, 3.05) is 6.61 Å². The third-order valence-corrected chi connectivity index (χ3v) is 11.8. The number of benzene rings is 3. The van der Waals surface area contributed by atoms with Crippen LogP contribution in [-0.4, -0.2) is 21.0 Å². The van der Waals surface area contributed by atoms with E-state index in [2.05, 4.69) is 90.2 Å². The highest BCUT2D eigenvalue weighted by Gasteiger charge is 2.38. The molecule has 0 spiro atoms. The molecular weight excluding hydrogens is 396 g/mol. The lowest BCUT2D eigenvalue weighted by Gasteiger charge is -2.38. The van der Waals surface area contributed by atoms with E-state index in [0.29, 0.717) is 0 Å². The first-order valence-corrected chi connectivity index (χ1v) is 14.7. The second-order valence-corrected chi connectivity index (χ2v) is 15.9. The molecule has 0 bridgehead atoms. The van der Waals surface area contributed by atoms with Crippen LogP contribution in [0.5, 0.6) is 5.75 Å². The molecule has 1 aliphatic carbocycles. The Balaban J connectivity index is 1.65. The molecule has 0 aliphatic heterocycles. The molecule has 0 N–H and O–H groups in total. The average Bonchev–Trinajstić information content (AvgIpc) is 3.49. The molecule has 1 aliphatic rings. The summed E-state index contributed by atoms with van der Waals surface area (Å²) in [6.45, 7) is 16.9. The first-order valence-electron chi connectivity index (χ1n) is 11.8. The Hall–Kier alpha value is -1.84. The van der Waals surface area contributed by atoms with E-state index >= 15 is 0 Å². The van der Waals surface area contributed by atoms with Gasteiger partial charge in [0.2, 0.25) is 0 Å². The Labute approximate surface area is 189 Å². The van der Waals surface area contributed by atoms with Crippen molar-refractivity contribution < 1.29 is 9.16 Å². The Morgan fingerprint density at radius 2 is 1.68 bits per heavy atom. The van der Waals surface area contributed by atoms with Gasteiger partial charge in [-0.25, -0.2) is 0 Å². The molecule has 3 aromatic rings. The fraction of sp³-hybridized carbons (Fsp3) is 0.500. The molecule has 0 heterocycles. The van der Waals surface area contributed by atoms with Gasteiger partial charge in [-0.1, -0.05) is 51.1 Å². The summed E-state index contributed by atoms with van der Waals surface area (Å²) in [6.07, 6.45) is 3.78. The summed E-state index contributed by atoms with van der Waals surface area (Å²) >= 11 is 0. The lowest BCUT2D eigenvalue weighted by atomic mass is 9.95. The van der Waals surface area contributed by atoms with Crippen LogP contribution in [0.3, 0.4) is 0 Å². The minimum atomic E-state index is -1.77. The molecule has 1 unspecified atom stereocenters. The molecule has 0 aromatic heterocycles. The zero-order chi connectivity index (χ0) is 22.4. The molecule has 3 aromatic carbocycles. The van der Waals surface area contributed by atoms with Crippen molar-refractivity contribution in [2.45, 2.75) is 78.1 Å². The van der Waals surface area contributed by atoms with Crippen LogP contribution in [0.25, 0.3) is 21.5 Å². The maximum absolute atomic E-state index is 6.64. The fourth-order valence-corrected chi connectivity index (χ4v) is 5.61. The SMILES string of the molecule is Cc1cc(CC(C)O[Si](C)(C)C(C)(C)C)cc2c1ccc1ccc(OCC3CC3)cc12. The summed E-state index contributed by atoms with van der Waals surface area (Å²) in [6, 6.07) is 15.8. The smallest absolute Gasteiger partial charge is 0.192 e. The third-order valence-electron chi connectivity index (χ3n) is 7.20. The van der Waals surface area contributed by atoms with Gasteiger partial charge < -0.3 is 9.16 Å². The Bertz CT molecular complexity index is 1090. The number of hydrogen-bond acceptors (Lipinski definition) is 2. The van der Waals surface area contributed by atoms with E-state index < -0.39 is 8.32 Å². The maximum atomic E-state index is 6.64. The van der Waals surface area contributed by atoms with Crippen LogP contribution in [0.2, 0.25) is 18.1 Å². The van der Waals surface area contributed by atoms with E-state index in [0.717, 1.165) is 24.7 Å². The molecule has 1 atom stereocenters. The highest BCUT2D eigenvalue weighted by Crippen LogP contribution is 2.38. The number of fused-ring (bicyclic) bond motifs is 3. The molecular formula is C28H38O2Si. The quantitative estimate of drug-likeness (QED) is 0.277. The summed E-state index contributed by atoms with van der Waals surface area (Å²) in [5.41, 5.74) is 2.69. The standard InChI is InChI=1S/C28H38O2Si/c1-19-14-22(15-20(2)30-31(6,7)28(3,4)5)16-27-25(19)13-11-23-10-12-24(17-26(23)27)29-18-21-8-9-21/h10-14,16-17,20-21H,8-9,15,18H2,1-7H3. The topological polar surface area (TPSA) is 18.5 Å². The number of ether oxygens (including phenoxy) is 1. The van der Waals surface area contributed by atoms with Crippen LogP contribution in [0, 0.1) is 12.8 Å². The molecule has 4 rings (SSSR count). The Morgan fingerprint density at radius 1 is 0.968 bits per heavy atom. The molecule has 0 saturated heterocycles. The van der Waals surface area contributed by atoms with Gasteiger partial charge >= 0.3 is 0 Å². The molecule has 1 fully saturated rings. The van der Waals surface area contributed by atoms with Crippen molar-refractivity contribution in [1.29, 1.82) is 0 Å². The fourth-order valence-electron chi connectivity index (χ4n) is 4.16. The second-order valence-electron chi connectivity index (χ2n) is 11.1. The normalized spacial score (nSPS) is 16.1. The van der Waals surface area contributed by atoms with Crippen molar-refractivity contribution in [3.63, 3.8) is 0 Å². The zero-order valence-corrected chi connectivity index (χ0v) is 21.3. The minimum Gasteiger partial charge on any atom is -0.493 e. The van der Waals surface area contributed by atoms with Crippen molar-refractivity contribution in [3.05, 3.63) is 53.6 Å². The number of aryl methyl sites for hydroxylation is 1. The summed E-state index contributed by atoms with van der Waals surface area (Å²) < 4.78 is 12.7. The van der Waals surface area contributed by atoms with Gasteiger partial charge in [0, 0.05) is 6.10 Å². The molecule has 0 amide bonds. The Morgan fingerprint density at radius 3 is 2.35 bits per heavy atom. The highest BCUT2D eigenvalue weighted by molar-refractivity contribution is 6.74. The van der Waals surface area contributed by atoms with Crippen LogP contribution in [0.15, 0.2) is 42.5 Å². The van der Waals surface area contributed by atoms with Gasteiger partial charge in [0.05, 0.1) is 6.61 Å². The molecule has 0 radical (unpaired) electrons. The van der Waals surface area contributed by atoms with E-state index in [1.165, 1.54) is 45.5 Å². The van der Waals surface area contributed by atoms with E-state index in [-0.39, 0.29) is 11.1 Å². The monoisotopic (exact) mass is 434 g/mol. The molecule has 31 heavy (non-hydrogen) atoms. The first-order chi connectivity index (χ1) is 14.5. The Kier molecular flexibility index (Phi) is 5.95. The van der Waals surface area contributed by atoms with Gasteiger partial charge in [0.25, 0.3) is 0 Å². The highest BCUT2D eigenvalue weighted by atomic mass is 28.4. The molecule has 2 nitrogen and oxygen atoms in total. The van der Waals surface area contributed by atoms with Crippen LogP contribution in [-0.2, 0) is 10.8 Å². The molecule has 166 valence electrons. The van der Waals surface area contributed by atoms with Gasteiger partial charge in [0.1, 0.15) is 5.75 Å². The maximum Gasteiger partial charge on any atom is 0.192 e. The predicted molar refractivity (Wildman–Crippen MR) is 136 cm³/mol. The van der Waals surface area contributed by atoms with Gasteiger partial charge in [-0.05, 0) is 102 Å². The van der Waals surface area contributed by atoms with Crippen LogP contribution < -0.4 is 4.74 Å². The molecule has 3 heteroatoms. The summed E-state index contributed by atoms with van der Waals surface area (Å²) in [4.78, 5) is 0. The van der Waals surface area contributed by atoms with Crippen LogP contribution in [0.4, 0.5) is 0 Å². The largest absolute Gasteiger partial charge is 0.493 e. The van der Waals surface area contributed by atoms with E-state index in [4.69, 9.17) is 9.16 Å². The lowest BCUT2D eigenvalue weighted by molar-refractivity contribution is 0.199. The van der Waals surface area contributed by atoms with Gasteiger partial charge in [-0.2, -0.15) is 0 Å². The summed E-state index contributed by atoms with van der Waals surface area (Å²) in [5, 5.41) is 5.44. The van der Waals surface area contributed by atoms with E-state index in [1.807, 2.05) is 0 Å².